The maximum absolute atomic E-state index is 5.97. The molecule has 0 N–H and O–H groups in total. The van der Waals surface area contributed by atoms with Gasteiger partial charge in [-0.2, -0.15) is 0 Å². The highest BCUT2D eigenvalue weighted by Gasteiger charge is 2.51. The molecule has 0 saturated carbocycles. The van der Waals surface area contributed by atoms with Gasteiger partial charge in [-0.15, -0.1) is 0 Å². The number of para-hydroxylation sites is 1. The highest BCUT2D eigenvalue weighted by Crippen LogP contribution is 2.52. The molecule has 0 radical (unpaired) electrons. The molecule has 0 spiro atoms. The van der Waals surface area contributed by atoms with Gasteiger partial charge in [-0.05, 0) is 12.1 Å². The number of methoxy groups -OCH3 is 2. The molecule has 0 fully saturated rings. The van der Waals surface area contributed by atoms with E-state index < -0.39 is 5.54 Å². The summed E-state index contributed by atoms with van der Waals surface area (Å²) in [6.07, 6.45) is 0. The summed E-state index contributed by atoms with van der Waals surface area (Å²) in [7, 11) is 7.52. The van der Waals surface area contributed by atoms with Crippen LogP contribution in [0.15, 0.2) is 91.0 Å². The summed E-state index contributed by atoms with van der Waals surface area (Å²) in [5, 5.41) is 0. The van der Waals surface area contributed by atoms with E-state index in [1.165, 1.54) is 5.56 Å². The van der Waals surface area contributed by atoms with Crippen molar-refractivity contribution in [3.05, 3.63) is 113 Å². The first kappa shape index (κ1) is 23.0. The number of hydrogen-bond donors (Lipinski definition) is 0. The molecule has 0 aliphatic carbocycles. The molecule has 0 atom stereocenters. The molecule has 0 bridgehead atoms. The van der Waals surface area contributed by atoms with E-state index in [9.17, 15) is 0 Å². The van der Waals surface area contributed by atoms with Crippen LogP contribution < -0.4 is 23.8 Å². The Morgan fingerprint density at radius 1 is 0.784 bits per heavy atom. The van der Waals surface area contributed by atoms with Gasteiger partial charge in [-0.1, -0.05) is 72.8 Å². The third kappa shape index (κ3) is 3.22. The smallest absolute Gasteiger partial charge is 0.289 e. The summed E-state index contributed by atoms with van der Waals surface area (Å²) in [6.45, 7) is 0.118. The monoisotopic (exact) mass is 493 g/mol. The van der Waals surface area contributed by atoms with Crippen molar-refractivity contribution >= 4 is 11.5 Å². The highest BCUT2D eigenvalue weighted by molar-refractivity contribution is 6.11. The first-order valence-electron chi connectivity index (χ1n) is 12.2. The van der Waals surface area contributed by atoms with Crippen LogP contribution in [0.5, 0.6) is 23.0 Å². The lowest BCUT2D eigenvalue weighted by atomic mass is 9.74. The average molecular weight is 494 g/mol. The van der Waals surface area contributed by atoms with Crippen molar-refractivity contribution < 1.29 is 23.5 Å². The van der Waals surface area contributed by atoms with Crippen molar-refractivity contribution in [2.45, 2.75) is 5.54 Å². The fraction of sp³-hybridized carbons (Fsp3) is 0.194. The normalized spacial score (nSPS) is 15.4. The topological polar surface area (TPSA) is 43.2 Å². The molecule has 4 aromatic rings. The third-order valence-electron chi connectivity index (χ3n) is 7.40. The van der Waals surface area contributed by atoms with E-state index in [4.69, 9.17) is 18.9 Å². The maximum Gasteiger partial charge on any atom is 0.289 e. The number of benzene rings is 4. The second-order valence-electron chi connectivity index (χ2n) is 9.13. The summed E-state index contributed by atoms with van der Waals surface area (Å²) in [4.78, 5) is 2.21. The highest BCUT2D eigenvalue weighted by atomic mass is 16.7. The second-order valence-corrected chi connectivity index (χ2v) is 9.13. The number of ether oxygens (including phenoxy) is 4. The van der Waals surface area contributed by atoms with Gasteiger partial charge in [0.2, 0.25) is 18.3 Å². The molecule has 4 aromatic carbocycles. The molecule has 6 rings (SSSR count). The van der Waals surface area contributed by atoms with Crippen molar-refractivity contribution in [1.82, 2.24) is 0 Å². The first-order chi connectivity index (χ1) is 18.1. The Morgan fingerprint density at radius 2 is 1.38 bits per heavy atom. The standard InChI is InChI=1S/C31H29N2O4/c1-32-25-18-12-11-17-24(25)31(21-13-7-5-8-14-21,22-15-9-6-10-16-22)33(2)30(32)23-19-26(34-3)28-29(27(23)35-4)37-20-36-28/h5-19H,20H2,1-4H3/q+1. The van der Waals surface area contributed by atoms with Gasteiger partial charge < -0.3 is 18.9 Å². The minimum atomic E-state index is -0.616. The Labute approximate surface area is 216 Å². The van der Waals surface area contributed by atoms with Crippen LogP contribution in [0.25, 0.3) is 0 Å². The SMILES string of the molecule is COc1cc(C2=[N+](C)C(c3ccccc3)(c3ccccc3)c3ccccc3N2C)c(OC)c2c1OCO2. The Kier molecular flexibility index (Phi) is 5.52. The van der Waals surface area contributed by atoms with E-state index in [-0.39, 0.29) is 6.79 Å². The zero-order chi connectivity index (χ0) is 25.6. The van der Waals surface area contributed by atoms with Crippen LogP contribution in [0.4, 0.5) is 5.69 Å². The van der Waals surface area contributed by atoms with Crippen LogP contribution in [0, 0.1) is 0 Å². The molecule has 6 heteroatoms. The van der Waals surface area contributed by atoms with Crippen molar-refractivity contribution in [2.24, 2.45) is 0 Å². The van der Waals surface area contributed by atoms with Gasteiger partial charge >= 0.3 is 0 Å². The molecule has 186 valence electrons. The number of nitrogens with zero attached hydrogens (tertiary/aromatic N) is 2. The van der Waals surface area contributed by atoms with Crippen molar-refractivity contribution in [1.29, 1.82) is 0 Å². The van der Waals surface area contributed by atoms with E-state index in [1.54, 1.807) is 14.2 Å². The van der Waals surface area contributed by atoms with Crippen molar-refractivity contribution in [2.75, 3.05) is 40.0 Å². The molecule has 0 saturated heterocycles. The van der Waals surface area contributed by atoms with E-state index in [1.807, 2.05) is 6.07 Å². The Hall–Kier alpha value is -4.45. The predicted molar refractivity (Wildman–Crippen MR) is 144 cm³/mol. The van der Waals surface area contributed by atoms with Crippen LogP contribution in [-0.4, -0.2) is 45.5 Å². The summed E-state index contributed by atoms with van der Waals surface area (Å²) in [6, 6.07) is 31.8. The van der Waals surface area contributed by atoms with E-state index >= 15 is 0 Å². The summed E-state index contributed by atoms with van der Waals surface area (Å²) in [5.41, 5.74) is 4.84. The van der Waals surface area contributed by atoms with E-state index in [0.29, 0.717) is 23.0 Å². The van der Waals surface area contributed by atoms with Gasteiger partial charge in [-0.3, -0.25) is 0 Å². The van der Waals surface area contributed by atoms with Gasteiger partial charge in [0.15, 0.2) is 17.0 Å². The molecule has 6 nitrogen and oxygen atoms in total. The number of amidine groups is 1. The fourth-order valence-electron chi connectivity index (χ4n) is 5.87. The van der Waals surface area contributed by atoms with Crippen molar-refractivity contribution in [3.8, 4) is 23.0 Å². The van der Waals surface area contributed by atoms with E-state index in [0.717, 1.165) is 28.2 Å². The van der Waals surface area contributed by atoms with Gasteiger partial charge in [0.25, 0.3) is 5.84 Å². The van der Waals surface area contributed by atoms with Crippen LogP contribution >= 0.6 is 0 Å². The number of anilines is 1. The Morgan fingerprint density at radius 3 is 2.00 bits per heavy atom. The lowest BCUT2D eigenvalue weighted by Crippen LogP contribution is -2.52. The van der Waals surface area contributed by atoms with Crippen LogP contribution in [0.1, 0.15) is 22.3 Å². The number of fused-ring (bicyclic) bond motifs is 2. The zero-order valence-electron chi connectivity index (χ0n) is 21.4. The average Bonchev–Trinajstić information content (AvgIpc) is 3.44. The number of hydrogen-bond acceptors (Lipinski definition) is 5. The van der Waals surface area contributed by atoms with Gasteiger partial charge in [0, 0.05) is 17.2 Å². The van der Waals surface area contributed by atoms with Crippen molar-refractivity contribution in [3.63, 3.8) is 0 Å². The Bertz CT molecular complexity index is 1460. The first-order valence-corrected chi connectivity index (χ1v) is 12.2. The van der Waals surface area contributed by atoms with Crippen LogP contribution in [-0.2, 0) is 5.54 Å². The lowest BCUT2D eigenvalue weighted by molar-refractivity contribution is -0.570. The lowest BCUT2D eigenvalue weighted by Gasteiger charge is -2.41. The molecule has 37 heavy (non-hydrogen) atoms. The number of rotatable bonds is 5. The molecular formula is C31H29N2O4+. The zero-order valence-corrected chi connectivity index (χ0v) is 21.4. The molecule has 2 heterocycles. The second kappa shape index (κ2) is 8.89. The minimum Gasteiger partial charge on any atom is -0.493 e. The quantitative estimate of drug-likeness (QED) is 0.355. The molecule has 0 unspecified atom stereocenters. The minimum absolute atomic E-state index is 0.118. The van der Waals surface area contributed by atoms with Gasteiger partial charge in [-0.25, -0.2) is 9.48 Å². The molecule has 2 aliphatic rings. The van der Waals surface area contributed by atoms with Crippen LogP contribution in [0.2, 0.25) is 0 Å². The molecule has 2 aliphatic heterocycles. The summed E-state index contributed by atoms with van der Waals surface area (Å²) >= 11 is 0. The Balaban J connectivity index is 1.77. The maximum atomic E-state index is 5.97. The fourth-order valence-corrected chi connectivity index (χ4v) is 5.87. The largest absolute Gasteiger partial charge is 0.493 e. The van der Waals surface area contributed by atoms with E-state index in [2.05, 4.69) is 108 Å². The summed E-state index contributed by atoms with van der Waals surface area (Å²) < 4.78 is 25.7. The third-order valence-corrected chi connectivity index (χ3v) is 7.40. The van der Waals surface area contributed by atoms with Gasteiger partial charge in [0.1, 0.15) is 11.3 Å². The molecule has 0 amide bonds. The summed E-state index contributed by atoms with van der Waals surface area (Å²) in [5.74, 6) is 3.26. The predicted octanol–water partition coefficient (Wildman–Crippen LogP) is 5.26. The van der Waals surface area contributed by atoms with Gasteiger partial charge in [0.05, 0.1) is 33.9 Å². The molecule has 0 aromatic heterocycles. The van der Waals surface area contributed by atoms with Crippen LogP contribution in [0.3, 0.4) is 0 Å². The molecular weight excluding hydrogens is 464 g/mol.